The van der Waals surface area contributed by atoms with Gasteiger partial charge in [-0.3, -0.25) is 4.79 Å². The van der Waals surface area contributed by atoms with Gasteiger partial charge in [-0.2, -0.15) is 4.68 Å². The minimum atomic E-state index is -0.631. The number of hydrogen-bond donors (Lipinski definition) is 0. The summed E-state index contributed by atoms with van der Waals surface area (Å²) in [5, 5.41) is 4.10. The van der Waals surface area contributed by atoms with Crippen molar-refractivity contribution in [3.05, 3.63) is 40.9 Å². The van der Waals surface area contributed by atoms with Crippen LogP contribution >= 0.6 is 0 Å². The second-order valence-electron chi connectivity index (χ2n) is 5.21. The van der Waals surface area contributed by atoms with Crippen molar-refractivity contribution in [1.82, 2.24) is 14.7 Å². The van der Waals surface area contributed by atoms with Crippen LogP contribution in [-0.2, 0) is 16.1 Å². The molecule has 2 heterocycles. The van der Waals surface area contributed by atoms with Gasteiger partial charge in [-0.05, 0) is 19.1 Å². The number of hydrogen-bond acceptors (Lipinski definition) is 5. The molecule has 0 saturated carbocycles. The van der Waals surface area contributed by atoms with Crippen molar-refractivity contribution >= 4 is 5.91 Å². The van der Waals surface area contributed by atoms with Crippen molar-refractivity contribution in [1.29, 1.82) is 0 Å². The first kappa shape index (κ1) is 14.5. The van der Waals surface area contributed by atoms with Crippen LogP contribution in [0.4, 0.5) is 0 Å². The molecule has 1 fully saturated rings. The molecule has 3 rings (SSSR count). The summed E-state index contributed by atoms with van der Waals surface area (Å²) in [6, 6.07) is 9.10. The Balaban J connectivity index is 1.77. The monoisotopic (exact) mass is 303 g/mol. The number of amides is 1. The van der Waals surface area contributed by atoms with Crippen LogP contribution in [0.25, 0.3) is 11.5 Å². The van der Waals surface area contributed by atoms with E-state index in [-0.39, 0.29) is 24.4 Å². The number of rotatable bonds is 3. The third-order valence-electron chi connectivity index (χ3n) is 3.60. The van der Waals surface area contributed by atoms with E-state index in [1.807, 2.05) is 25.1 Å². The van der Waals surface area contributed by atoms with E-state index >= 15 is 0 Å². The molecule has 7 nitrogen and oxygen atoms in total. The minimum absolute atomic E-state index is 0.00236. The SMILES string of the molecule is C[C@H]1COCCN1C(=O)Cn1nc(-c2ccccc2)oc1=O. The normalized spacial score (nSPS) is 18.4. The molecule has 1 aliphatic heterocycles. The van der Waals surface area contributed by atoms with Crippen LogP contribution in [0.2, 0.25) is 0 Å². The molecule has 0 N–H and O–H groups in total. The summed E-state index contributed by atoms with van der Waals surface area (Å²) in [6.07, 6.45) is 0. The fraction of sp³-hybridized carbons (Fsp3) is 0.400. The predicted molar refractivity (Wildman–Crippen MR) is 78.2 cm³/mol. The standard InChI is InChI=1S/C15H17N3O4/c1-11-10-21-8-7-17(11)13(19)9-18-15(20)22-14(16-18)12-5-3-2-4-6-12/h2-6,11H,7-10H2,1H3/t11-/m0/s1. The van der Waals surface area contributed by atoms with Crippen molar-refractivity contribution < 1.29 is 13.9 Å². The fourth-order valence-corrected chi connectivity index (χ4v) is 2.42. The molecule has 22 heavy (non-hydrogen) atoms. The Morgan fingerprint density at radius 3 is 2.86 bits per heavy atom. The lowest BCUT2D eigenvalue weighted by Crippen LogP contribution is -2.48. The first-order valence-electron chi connectivity index (χ1n) is 7.16. The van der Waals surface area contributed by atoms with E-state index in [0.29, 0.717) is 25.3 Å². The summed E-state index contributed by atoms with van der Waals surface area (Å²) in [7, 11) is 0. The molecule has 1 saturated heterocycles. The Morgan fingerprint density at radius 1 is 1.36 bits per heavy atom. The van der Waals surface area contributed by atoms with Crippen LogP contribution in [-0.4, -0.2) is 46.4 Å². The molecule has 1 aromatic heterocycles. The van der Waals surface area contributed by atoms with Crippen LogP contribution < -0.4 is 5.76 Å². The Morgan fingerprint density at radius 2 is 2.14 bits per heavy atom. The summed E-state index contributed by atoms with van der Waals surface area (Å²) < 4.78 is 11.5. The average Bonchev–Trinajstić information content (AvgIpc) is 2.89. The third kappa shape index (κ3) is 2.94. The molecule has 116 valence electrons. The number of carbonyl (C=O) groups excluding carboxylic acids is 1. The molecule has 1 amide bonds. The van der Waals surface area contributed by atoms with Gasteiger partial charge in [-0.1, -0.05) is 18.2 Å². The van der Waals surface area contributed by atoms with Crippen LogP contribution in [0, 0.1) is 0 Å². The van der Waals surface area contributed by atoms with Gasteiger partial charge in [0.25, 0.3) is 0 Å². The van der Waals surface area contributed by atoms with Crippen LogP contribution in [0.15, 0.2) is 39.5 Å². The Labute approximate surface area is 127 Å². The van der Waals surface area contributed by atoms with Crippen LogP contribution in [0.5, 0.6) is 0 Å². The zero-order valence-electron chi connectivity index (χ0n) is 12.3. The van der Waals surface area contributed by atoms with Gasteiger partial charge in [0.1, 0.15) is 6.54 Å². The lowest BCUT2D eigenvalue weighted by atomic mass is 10.2. The molecule has 0 unspecified atom stereocenters. The maximum absolute atomic E-state index is 12.3. The van der Waals surface area contributed by atoms with E-state index in [2.05, 4.69) is 5.10 Å². The van der Waals surface area contributed by atoms with E-state index < -0.39 is 5.76 Å². The minimum Gasteiger partial charge on any atom is -0.388 e. The molecular weight excluding hydrogens is 286 g/mol. The summed E-state index contributed by atoms with van der Waals surface area (Å²) in [4.78, 5) is 25.9. The number of nitrogens with zero attached hydrogens (tertiary/aromatic N) is 3. The lowest BCUT2D eigenvalue weighted by Gasteiger charge is -2.33. The highest BCUT2D eigenvalue weighted by Crippen LogP contribution is 2.14. The van der Waals surface area contributed by atoms with Crippen molar-refractivity contribution in [3.63, 3.8) is 0 Å². The summed E-state index contributed by atoms with van der Waals surface area (Å²) in [6.45, 7) is 3.34. The zero-order valence-corrected chi connectivity index (χ0v) is 12.3. The van der Waals surface area contributed by atoms with Gasteiger partial charge in [0.15, 0.2) is 0 Å². The molecule has 1 aliphatic rings. The highest BCUT2D eigenvalue weighted by molar-refractivity contribution is 5.76. The van der Waals surface area contributed by atoms with Crippen LogP contribution in [0.1, 0.15) is 6.92 Å². The van der Waals surface area contributed by atoms with E-state index in [1.54, 1.807) is 17.0 Å². The van der Waals surface area contributed by atoms with Crippen LogP contribution in [0.3, 0.4) is 0 Å². The Bertz CT molecular complexity index is 707. The summed E-state index contributed by atoms with van der Waals surface area (Å²) in [5.74, 6) is -0.577. The molecule has 2 aromatic rings. The molecule has 1 aromatic carbocycles. The number of benzene rings is 1. The molecule has 0 spiro atoms. The van der Waals surface area contributed by atoms with Crippen molar-refractivity contribution in [2.45, 2.75) is 19.5 Å². The highest BCUT2D eigenvalue weighted by Gasteiger charge is 2.25. The highest BCUT2D eigenvalue weighted by atomic mass is 16.5. The Kier molecular flexibility index (Phi) is 4.06. The number of morpholine rings is 1. The molecule has 0 bridgehead atoms. The lowest BCUT2D eigenvalue weighted by molar-refractivity contribution is -0.140. The van der Waals surface area contributed by atoms with Gasteiger partial charge < -0.3 is 14.1 Å². The van der Waals surface area contributed by atoms with Gasteiger partial charge in [0, 0.05) is 12.1 Å². The van der Waals surface area contributed by atoms with E-state index in [0.717, 1.165) is 4.68 Å². The van der Waals surface area contributed by atoms with E-state index in [1.165, 1.54) is 0 Å². The van der Waals surface area contributed by atoms with Crippen molar-refractivity contribution in [3.8, 4) is 11.5 Å². The number of aromatic nitrogens is 2. The molecular formula is C15H17N3O4. The molecule has 7 heteroatoms. The maximum atomic E-state index is 12.3. The van der Waals surface area contributed by atoms with E-state index in [9.17, 15) is 9.59 Å². The molecule has 1 atom stereocenters. The molecule has 0 radical (unpaired) electrons. The fourth-order valence-electron chi connectivity index (χ4n) is 2.42. The second kappa shape index (κ2) is 6.15. The van der Waals surface area contributed by atoms with E-state index in [4.69, 9.17) is 9.15 Å². The van der Waals surface area contributed by atoms with Gasteiger partial charge in [-0.25, -0.2) is 4.79 Å². The second-order valence-corrected chi connectivity index (χ2v) is 5.21. The summed E-state index contributed by atoms with van der Waals surface area (Å²) >= 11 is 0. The maximum Gasteiger partial charge on any atom is 0.437 e. The Hall–Kier alpha value is -2.41. The smallest absolute Gasteiger partial charge is 0.388 e. The zero-order chi connectivity index (χ0) is 15.5. The van der Waals surface area contributed by atoms with Crippen molar-refractivity contribution in [2.24, 2.45) is 0 Å². The van der Waals surface area contributed by atoms with Gasteiger partial charge in [0.05, 0.1) is 19.3 Å². The third-order valence-corrected chi connectivity index (χ3v) is 3.60. The first-order chi connectivity index (χ1) is 10.6. The first-order valence-corrected chi connectivity index (χ1v) is 7.16. The molecule has 0 aliphatic carbocycles. The number of carbonyl (C=O) groups is 1. The summed E-state index contributed by atoms with van der Waals surface area (Å²) in [5.41, 5.74) is 0.700. The largest absolute Gasteiger partial charge is 0.437 e. The predicted octanol–water partition coefficient (Wildman–Crippen LogP) is 0.751. The quantitative estimate of drug-likeness (QED) is 0.836. The average molecular weight is 303 g/mol. The van der Waals surface area contributed by atoms with Gasteiger partial charge in [0.2, 0.25) is 11.8 Å². The van der Waals surface area contributed by atoms with Gasteiger partial charge in [-0.15, -0.1) is 5.10 Å². The van der Waals surface area contributed by atoms with Crippen molar-refractivity contribution in [2.75, 3.05) is 19.8 Å². The topological polar surface area (TPSA) is 77.6 Å². The number of ether oxygens (including phenoxy) is 1. The van der Waals surface area contributed by atoms with Gasteiger partial charge >= 0.3 is 5.76 Å².